The second kappa shape index (κ2) is 16.2. The molecule has 1 aromatic carbocycles. The third-order valence-corrected chi connectivity index (χ3v) is 5.07. The van der Waals surface area contributed by atoms with Gasteiger partial charge in [-0.3, -0.25) is 9.89 Å². The smallest absolute Gasteiger partial charge is 0.203 e. The lowest BCUT2D eigenvalue weighted by atomic mass is 10.1. The monoisotopic (exact) mass is 566 g/mol. The Balaban J connectivity index is 0.00000512. The van der Waals surface area contributed by atoms with Crippen LogP contribution in [0.15, 0.2) is 17.1 Å². The second-order valence-electron chi connectivity index (χ2n) is 7.14. The highest BCUT2D eigenvalue weighted by molar-refractivity contribution is 14.0. The van der Waals surface area contributed by atoms with E-state index in [0.717, 1.165) is 50.8 Å². The SMILES string of the molecule is CCNC(=NCCOCCOC)N1CCN(Cc2cc(OC)c(OC)c(OC)c2)CC1.I. The lowest BCUT2D eigenvalue weighted by Gasteiger charge is -2.36. The van der Waals surface area contributed by atoms with Crippen LogP contribution >= 0.6 is 24.0 Å². The summed E-state index contributed by atoms with van der Waals surface area (Å²) in [5.74, 6) is 2.94. The van der Waals surface area contributed by atoms with E-state index in [1.54, 1.807) is 28.4 Å². The molecule has 1 saturated heterocycles. The van der Waals surface area contributed by atoms with Gasteiger partial charge in [0, 0.05) is 46.4 Å². The number of nitrogens with zero attached hydrogens (tertiary/aromatic N) is 3. The minimum atomic E-state index is 0. The maximum Gasteiger partial charge on any atom is 0.203 e. The molecule has 1 aliphatic heterocycles. The van der Waals surface area contributed by atoms with Crippen molar-refractivity contribution in [3.63, 3.8) is 0 Å². The number of rotatable bonds is 12. The van der Waals surface area contributed by atoms with Crippen molar-refractivity contribution in [1.82, 2.24) is 15.1 Å². The zero-order valence-electron chi connectivity index (χ0n) is 20.0. The Morgan fingerprint density at radius 1 is 0.938 bits per heavy atom. The van der Waals surface area contributed by atoms with E-state index in [1.807, 2.05) is 12.1 Å². The van der Waals surface area contributed by atoms with E-state index in [0.29, 0.717) is 43.6 Å². The zero-order valence-corrected chi connectivity index (χ0v) is 22.3. The average Bonchev–Trinajstić information content (AvgIpc) is 2.80. The number of benzene rings is 1. The van der Waals surface area contributed by atoms with Crippen LogP contribution in [0.4, 0.5) is 0 Å². The van der Waals surface area contributed by atoms with Crippen LogP contribution < -0.4 is 19.5 Å². The first kappa shape index (κ1) is 28.5. The highest BCUT2D eigenvalue weighted by Crippen LogP contribution is 2.38. The third-order valence-electron chi connectivity index (χ3n) is 5.07. The molecule has 1 fully saturated rings. The first-order chi connectivity index (χ1) is 15.2. The van der Waals surface area contributed by atoms with Crippen LogP contribution in [0.3, 0.4) is 0 Å². The van der Waals surface area contributed by atoms with Gasteiger partial charge in [-0.25, -0.2) is 0 Å². The van der Waals surface area contributed by atoms with E-state index < -0.39 is 0 Å². The molecule has 1 N–H and O–H groups in total. The summed E-state index contributed by atoms with van der Waals surface area (Å²) < 4.78 is 26.9. The topological polar surface area (TPSA) is 77.0 Å². The molecule has 0 aromatic heterocycles. The Labute approximate surface area is 209 Å². The van der Waals surface area contributed by atoms with Crippen LogP contribution in [0.2, 0.25) is 0 Å². The van der Waals surface area contributed by atoms with Crippen molar-refractivity contribution in [2.24, 2.45) is 4.99 Å². The van der Waals surface area contributed by atoms with E-state index in [-0.39, 0.29) is 24.0 Å². The van der Waals surface area contributed by atoms with E-state index in [4.69, 9.17) is 28.7 Å². The molecule has 0 spiro atoms. The molecule has 9 nitrogen and oxygen atoms in total. The van der Waals surface area contributed by atoms with Gasteiger partial charge in [0.05, 0.1) is 47.7 Å². The summed E-state index contributed by atoms with van der Waals surface area (Å²) in [6.07, 6.45) is 0. The van der Waals surface area contributed by atoms with Gasteiger partial charge in [-0.1, -0.05) is 0 Å². The van der Waals surface area contributed by atoms with E-state index in [9.17, 15) is 0 Å². The lowest BCUT2D eigenvalue weighted by molar-refractivity contribution is 0.0746. The Hall–Kier alpha value is -1.50. The first-order valence-corrected chi connectivity index (χ1v) is 10.8. The summed E-state index contributed by atoms with van der Waals surface area (Å²) in [6, 6.07) is 4.03. The molecule has 10 heteroatoms. The molecular weight excluding hydrogens is 527 g/mol. The maximum atomic E-state index is 5.51. The Bertz CT molecular complexity index is 659. The van der Waals surface area contributed by atoms with Crippen molar-refractivity contribution in [3.05, 3.63) is 17.7 Å². The molecule has 2 rings (SSSR count). The van der Waals surface area contributed by atoms with Gasteiger partial charge in [-0.05, 0) is 24.6 Å². The van der Waals surface area contributed by atoms with Crippen LogP contribution in [0.1, 0.15) is 12.5 Å². The molecule has 1 aliphatic rings. The number of piperazine rings is 1. The fourth-order valence-electron chi connectivity index (χ4n) is 3.49. The predicted octanol–water partition coefficient (Wildman–Crippen LogP) is 2.08. The molecule has 0 bridgehead atoms. The quantitative estimate of drug-likeness (QED) is 0.179. The molecule has 0 aliphatic carbocycles. The van der Waals surface area contributed by atoms with Gasteiger partial charge >= 0.3 is 0 Å². The summed E-state index contributed by atoms with van der Waals surface area (Å²) in [6.45, 7) is 9.93. The number of guanidine groups is 1. The molecule has 0 amide bonds. The molecule has 0 atom stereocenters. The Morgan fingerprint density at radius 2 is 1.59 bits per heavy atom. The minimum Gasteiger partial charge on any atom is -0.493 e. The van der Waals surface area contributed by atoms with E-state index >= 15 is 0 Å². The highest BCUT2D eigenvalue weighted by Gasteiger charge is 2.21. The highest BCUT2D eigenvalue weighted by atomic mass is 127. The number of halogens is 1. The fraction of sp³-hybridized carbons (Fsp3) is 0.682. The maximum absolute atomic E-state index is 5.51. The molecule has 0 saturated carbocycles. The normalized spacial score (nSPS) is 14.7. The van der Waals surface area contributed by atoms with Gasteiger partial charge in [-0.15, -0.1) is 24.0 Å². The minimum absolute atomic E-state index is 0. The number of methoxy groups -OCH3 is 4. The Morgan fingerprint density at radius 3 is 2.12 bits per heavy atom. The molecule has 184 valence electrons. The summed E-state index contributed by atoms with van der Waals surface area (Å²) in [4.78, 5) is 9.44. The fourth-order valence-corrected chi connectivity index (χ4v) is 3.49. The van der Waals surface area contributed by atoms with Crippen LogP contribution in [0, 0.1) is 0 Å². The van der Waals surface area contributed by atoms with Gasteiger partial charge in [-0.2, -0.15) is 0 Å². The first-order valence-electron chi connectivity index (χ1n) is 10.8. The zero-order chi connectivity index (χ0) is 22.5. The van der Waals surface area contributed by atoms with Gasteiger partial charge in [0.2, 0.25) is 5.75 Å². The lowest BCUT2D eigenvalue weighted by Crippen LogP contribution is -2.52. The largest absolute Gasteiger partial charge is 0.493 e. The summed E-state index contributed by atoms with van der Waals surface area (Å²) in [5, 5.41) is 3.39. The van der Waals surface area contributed by atoms with Gasteiger partial charge < -0.3 is 33.9 Å². The van der Waals surface area contributed by atoms with Gasteiger partial charge in [0.1, 0.15) is 0 Å². The summed E-state index contributed by atoms with van der Waals surface area (Å²) in [5.41, 5.74) is 1.14. The summed E-state index contributed by atoms with van der Waals surface area (Å²) >= 11 is 0. The molecule has 1 aromatic rings. The van der Waals surface area contributed by atoms with Crippen LogP contribution in [0.5, 0.6) is 17.2 Å². The van der Waals surface area contributed by atoms with Gasteiger partial charge in [0.15, 0.2) is 17.5 Å². The van der Waals surface area contributed by atoms with Crippen molar-refractivity contribution in [3.8, 4) is 17.2 Å². The molecular formula is C22H39IN4O5. The number of nitrogens with one attached hydrogen (secondary N) is 1. The predicted molar refractivity (Wildman–Crippen MR) is 137 cm³/mol. The van der Waals surface area contributed by atoms with E-state index in [1.165, 1.54) is 0 Å². The standard InChI is InChI=1S/C22H38N4O5.HI/c1-6-23-22(24-7-12-31-14-13-27-2)26-10-8-25(9-11-26)17-18-15-19(28-3)21(30-5)20(16-18)29-4;/h15-16H,6-14,17H2,1-5H3,(H,23,24);1H. The third kappa shape index (κ3) is 8.80. The van der Waals surface area contributed by atoms with Crippen molar-refractivity contribution in [1.29, 1.82) is 0 Å². The van der Waals surface area contributed by atoms with Crippen molar-refractivity contribution < 1.29 is 23.7 Å². The number of aliphatic imine (C=N–C) groups is 1. The van der Waals surface area contributed by atoms with Crippen molar-refractivity contribution in [2.75, 3.05) is 87.5 Å². The van der Waals surface area contributed by atoms with Crippen molar-refractivity contribution in [2.45, 2.75) is 13.5 Å². The van der Waals surface area contributed by atoms with Crippen molar-refractivity contribution >= 4 is 29.9 Å². The second-order valence-corrected chi connectivity index (χ2v) is 7.14. The summed E-state index contributed by atoms with van der Waals surface area (Å²) in [7, 11) is 6.58. The molecule has 0 unspecified atom stereocenters. The van der Waals surface area contributed by atoms with E-state index in [2.05, 4.69) is 22.0 Å². The van der Waals surface area contributed by atoms with Crippen LogP contribution in [-0.4, -0.2) is 103 Å². The molecule has 1 heterocycles. The number of ether oxygens (including phenoxy) is 5. The Kier molecular flexibility index (Phi) is 14.4. The molecule has 32 heavy (non-hydrogen) atoms. The number of hydrogen-bond donors (Lipinski definition) is 1. The van der Waals surface area contributed by atoms with Crippen LogP contribution in [-0.2, 0) is 16.0 Å². The van der Waals surface area contributed by atoms with Gasteiger partial charge in [0.25, 0.3) is 0 Å². The van der Waals surface area contributed by atoms with Crippen LogP contribution in [0.25, 0.3) is 0 Å². The molecule has 0 radical (unpaired) electrons. The average molecular weight is 566 g/mol. The number of hydrogen-bond acceptors (Lipinski definition) is 7.